The van der Waals surface area contributed by atoms with E-state index in [9.17, 15) is 4.79 Å². The zero-order valence-corrected chi connectivity index (χ0v) is 15.9. The molecule has 3 aromatic heterocycles. The Kier molecular flexibility index (Phi) is 4.46. The number of aromatic amines is 2. The average molecular weight is 394 g/mol. The highest BCUT2D eigenvalue weighted by Gasteiger charge is 2.15. The molecule has 5 rings (SSSR count). The van der Waals surface area contributed by atoms with Crippen LogP contribution < -0.4 is 10.6 Å². The first kappa shape index (κ1) is 17.7. The summed E-state index contributed by atoms with van der Waals surface area (Å²) >= 11 is 0. The van der Waals surface area contributed by atoms with Crippen molar-refractivity contribution < 1.29 is 4.79 Å². The van der Waals surface area contributed by atoms with Crippen LogP contribution in [0.4, 0.5) is 16.2 Å². The molecule has 0 aliphatic carbocycles. The molecule has 0 saturated heterocycles. The van der Waals surface area contributed by atoms with E-state index in [2.05, 4.69) is 20.6 Å². The SMILES string of the molecule is O=C(Nc1ccccc1)Nc1ccc2nc(-c3ccc[nH]3)c(-c3ccc[nH]3)nc2c1. The van der Waals surface area contributed by atoms with Gasteiger partial charge in [0.1, 0.15) is 11.4 Å². The van der Waals surface area contributed by atoms with Crippen LogP contribution in [0.3, 0.4) is 0 Å². The van der Waals surface area contributed by atoms with E-state index in [0.717, 1.165) is 34.0 Å². The molecule has 0 unspecified atom stereocenters. The van der Waals surface area contributed by atoms with Gasteiger partial charge in [-0.15, -0.1) is 0 Å². The number of hydrogen-bond acceptors (Lipinski definition) is 3. The molecule has 3 heterocycles. The Hall–Kier alpha value is -4.39. The van der Waals surface area contributed by atoms with Gasteiger partial charge in [-0.05, 0) is 54.6 Å². The minimum atomic E-state index is -0.318. The van der Waals surface area contributed by atoms with Crippen molar-refractivity contribution in [1.82, 2.24) is 19.9 Å². The standard InChI is InChI=1S/C23H18N6O/c30-23(26-15-6-2-1-3-7-15)27-16-10-11-17-20(14-16)29-22(19-9-5-13-25-19)21(28-17)18-8-4-12-24-18/h1-14,24-25H,(H2,26,27,30). The predicted octanol–water partition coefficient (Wildman–Crippen LogP) is 5.26. The summed E-state index contributed by atoms with van der Waals surface area (Å²) < 4.78 is 0. The number of carbonyl (C=O) groups excluding carboxylic acids is 1. The molecule has 2 amide bonds. The van der Waals surface area contributed by atoms with Crippen molar-refractivity contribution in [2.75, 3.05) is 10.6 Å². The minimum Gasteiger partial charge on any atom is -0.360 e. The molecule has 7 heteroatoms. The van der Waals surface area contributed by atoms with Gasteiger partial charge in [-0.1, -0.05) is 18.2 Å². The molecule has 146 valence electrons. The molecule has 7 nitrogen and oxygen atoms in total. The summed E-state index contributed by atoms with van der Waals surface area (Å²) in [6.07, 6.45) is 3.71. The summed E-state index contributed by atoms with van der Waals surface area (Å²) in [7, 11) is 0. The summed E-state index contributed by atoms with van der Waals surface area (Å²) in [5.74, 6) is 0. The van der Waals surface area contributed by atoms with E-state index in [-0.39, 0.29) is 6.03 Å². The van der Waals surface area contributed by atoms with Gasteiger partial charge in [0.05, 0.1) is 22.4 Å². The van der Waals surface area contributed by atoms with Crippen molar-refractivity contribution in [2.24, 2.45) is 0 Å². The van der Waals surface area contributed by atoms with Gasteiger partial charge in [0.2, 0.25) is 0 Å². The molecule has 0 aliphatic rings. The number of nitrogens with zero attached hydrogens (tertiary/aromatic N) is 2. The van der Waals surface area contributed by atoms with Gasteiger partial charge in [-0.2, -0.15) is 0 Å². The van der Waals surface area contributed by atoms with Crippen molar-refractivity contribution in [2.45, 2.75) is 0 Å². The van der Waals surface area contributed by atoms with Gasteiger partial charge in [-0.25, -0.2) is 14.8 Å². The molecule has 4 N–H and O–H groups in total. The topological polar surface area (TPSA) is 98.5 Å². The van der Waals surface area contributed by atoms with Crippen molar-refractivity contribution in [3.8, 4) is 22.8 Å². The van der Waals surface area contributed by atoms with Gasteiger partial charge >= 0.3 is 6.03 Å². The number of rotatable bonds is 4. The van der Waals surface area contributed by atoms with Crippen molar-refractivity contribution >= 4 is 28.4 Å². The Bertz CT molecular complexity index is 1290. The summed E-state index contributed by atoms with van der Waals surface area (Å²) in [5.41, 5.74) is 6.04. The zero-order chi connectivity index (χ0) is 20.3. The molecule has 0 fully saturated rings. The van der Waals surface area contributed by atoms with Crippen LogP contribution in [-0.2, 0) is 0 Å². The lowest BCUT2D eigenvalue weighted by Crippen LogP contribution is -2.19. The van der Waals surface area contributed by atoms with Crippen LogP contribution in [0.25, 0.3) is 33.8 Å². The number of amides is 2. The minimum absolute atomic E-state index is 0.318. The monoisotopic (exact) mass is 394 g/mol. The lowest BCUT2D eigenvalue weighted by molar-refractivity contribution is 0.262. The lowest BCUT2D eigenvalue weighted by Gasteiger charge is -2.10. The van der Waals surface area contributed by atoms with Crippen LogP contribution in [-0.4, -0.2) is 26.0 Å². The molecule has 0 atom stereocenters. The lowest BCUT2D eigenvalue weighted by atomic mass is 10.1. The van der Waals surface area contributed by atoms with Crippen LogP contribution in [0.15, 0.2) is 85.2 Å². The maximum Gasteiger partial charge on any atom is 0.323 e. The summed E-state index contributed by atoms with van der Waals surface area (Å²) in [6.45, 7) is 0. The van der Waals surface area contributed by atoms with E-state index >= 15 is 0 Å². The number of urea groups is 1. The molecular weight excluding hydrogens is 376 g/mol. The Morgan fingerprint density at radius 2 is 1.30 bits per heavy atom. The second-order valence-electron chi connectivity index (χ2n) is 6.74. The van der Waals surface area contributed by atoms with E-state index in [0.29, 0.717) is 11.2 Å². The Morgan fingerprint density at radius 3 is 1.93 bits per heavy atom. The fourth-order valence-electron chi connectivity index (χ4n) is 3.28. The highest BCUT2D eigenvalue weighted by molar-refractivity contribution is 6.00. The van der Waals surface area contributed by atoms with E-state index in [1.807, 2.05) is 85.2 Å². The molecule has 0 spiro atoms. The Balaban J connectivity index is 1.50. The van der Waals surface area contributed by atoms with Crippen LogP contribution in [0.2, 0.25) is 0 Å². The first-order valence-corrected chi connectivity index (χ1v) is 9.49. The Labute approximate surface area is 172 Å². The van der Waals surface area contributed by atoms with Gasteiger partial charge in [0.15, 0.2) is 0 Å². The molecule has 0 bridgehead atoms. The molecule has 2 aromatic carbocycles. The first-order valence-electron chi connectivity index (χ1n) is 9.49. The van der Waals surface area contributed by atoms with Gasteiger partial charge in [-0.3, -0.25) is 0 Å². The number of aromatic nitrogens is 4. The van der Waals surface area contributed by atoms with Crippen molar-refractivity contribution in [3.05, 3.63) is 85.2 Å². The quantitative estimate of drug-likeness (QED) is 0.334. The fourth-order valence-corrected chi connectivity index (χ4v) is 3.28. The summed E-state index contributed by atoms with van der Waals surface area (Å²) in [4.78, 5) is 28.4. The Morgan fingerprint density at radius 1 is 0.667 bits per heavy atom. The summed E-state index contributed by atoms with van der Waals surface area (Å²) in [6, 6.07) is 22.2. The van der Waals surface area contributed by atoms with E-state index < -0.39 is 0 Å². The van der Waals surface area contributed by atoms with E-state index in [1.165, 1.54) is 0 Å². The highest BCUT2D eigenvalue weighted by Crippen LogP contribution is 2.30. The number of carbonyl (C=O) groups is 1. The molecule has 0 aliphatic heterocycles. The fraction of sp³-hybridized carbons (Fsp3) is 0. The summed E-state index contributed by atoms with van der Waals surface area (Å²) in [5, 5.41) is 5.65. The maximum atomic E-state index is 12.3. The van der Waals surface area contributed by atoms with Crippen LogP contribution in [0, 0.1) is 0 Å². The number of H-pyrrole nitrogens is 2. The predicted molar refractivity (Wildman–Crippen MR) is 118 cm³/mol. The maximum absolute atomic E-state index is 12.3. The third kappa shape index (κ3) is 3.51. The van der Waals surface area contributed by atoms with Crippen LogP contribution in [0.5, 0.6) is 0 Å². The van der Waals surface area contributed by atoms with Crippen LogP contribution in [0.1, 0.15) is 0 Å². The highest BCUT2D eigenvalue weighted by atomic mass is 16.2. The number of fused-ring (bicyclic) bond motifs is 1. The third-order valence-electron chi connectivity index (χ3n) is 4.66. The zero-order valence-electron chi connectivity index (χ0n) is 15.9. The van der Waals surface area contributed by atoms with Crippen molar-refractivity contribution in [3.63, 3.8) is 0 Å². The number of hydrogen-bond donors (Lipinski definition) is 4. The second kappa shape index (κ2) is 7.56. The molecule has 5 aromatic rings. The van der Waals surface area contributed by atoms with E-state index in [4.69, 9.17) is 9.97 Å². The van der Waals surface area contributed by atoms with Gasteiger partial charge in [0.25, 0.3) is 0 Å². The number of benzene rings is 2. The normalized spacial score (nSPS) is 10.8. The molecule has 0 radical (unpaired) electrons. The van der Waals surface area contributed by atoms with Gasteiger partial charge in [0, 0.05) is 23.8 Å². The van der Waals surface area contributed by atoms with E-state index in [1.54, 1.807) is 0 Å². The average Bonchev–Trinajstić information content (AvgIpc) is 3.48. The van der Waals surface area contributed by atoms with Crippen LogP contribution >= 0.6 is 0 Å². The number of para-hydroxylation sites is 1. The third-order valence-corrected chi connectivity index (χ3v) is 4.66. The second-order valence-corrected chi connectivity index (χ2v) is 6.74. The number of anilines is 2. The first-order chi connectivity index (χ1) is 14.8. The van der Waals surface area contributed by atoms with Gasteiger partial charge < -0.3 is 20.6 Å². The molecule has 0 saturated carbocycles. The largest absolute Gasteiger partial charge is 0.360 e. The smallest absolute Gasteiger partial charge is 0.323 e. The molecule has 30 heavy (non-hydrogen) atoms. The number of nitrogens with one attached hydrogen (secondary N) is 4. The van der Waals surface area contributed by atoms with Crippen molar-refractivity contribution in [1.29, 1.82) is 0 Å². The molecular formula is C23H18N6O.